The predicted molar refractivity (Wildman–Crippen MR) is 98.6 cm³/mol. The van der Waals surface area contributed by atoms with Crippen LogP contribution in [0.2, 0.25) is 0 Å². The Labute approximate surface area is 156 Å². The Hall–Kier alpha value is -0.960. The van der Waals surface area contributed by atoms with Crippen LogP contribution >= 0.6 is 0 Å². The molecule has 0 radical (unpaired) electrons. The summed E-state index contributed by atoms with van der Waals surface area (Å²) < 4.78 is 32.9. The molecule has 0 saturated carbocycles. The predicted octanol–water partition coefficient (Wildman–Crippen LogP) is 1.45. The maximum atomic E-state index is 12.6. The molecular formula is C18H31N3O4S. The van der Waals surface area contributed by atoms with E-state index in [1.165, 1.54) is 0 Å². The molecule has 3 heterocycles. The summed E-state index contributed by atoms with van der Waals surface area (Å²) >= 11 is 0. The smallest absolute Gasteiger partial charge is 0.227 e. The number of imidazole rings is 1. The lowest BCUT2D eigenvalue weighted by atomic mass is 9.98. The van der Waals surface area contributed by atoms with Crippen molar-refractivity contribution in [2.75, 3.05) is 32.1 Å². The van der Waals surface area contributed by atoms with Gasteiger partial charge in [0, 0.05) is 19.8 Å². The second-order valence-electron chi connectivity index (χ2n) is 7.50. The van der Waals surface area contributed by atoms with E-state index < -0.39 is 9.84 Å². The first-order valence-electron chi connectivity index (χ1n) is 9.75. The Bertz CT molecular complexity index is 675. The average molecular weight is 386 g/mol. The van der Waals surface area contributed by atoms with Crippen molar-refractivity contribution in [3.63, 3.8) is 0 Å². The van der Waals surface area contributed by atoms with Crippen LogP contribution in [0, 0.1) is 5.92 Å². The van der Waals surface area contributed by atoms with Crippen LogP contribution in [0.4, 0.5) is 0 Å². The minimum Gasteiger partial charge on any atom is -0.396 e. The SMILES string of the molecule is CCCS(=O)(=O)c1ncc(CN2CCC(CO)CC2)n1C[C@H]1CCCO1. The van der Waals surface area contributed by atoms with E-state index in [4.69, 9.17) is 4.74 Å². The highest BCUT2D eigenvalue weighted by molar-refractivity contribution is 7.91. The molecule has 1 N–H and O–H groups in total. The first-order valence-corrected chi connectivity index (χ1v) is 11.4. The summed E-state index contributed by atoms with van der Waals surface area (Å²) in [6, 6.07) is 0. The average Bonchev–Trinajstić information content (AvgIpc) is 3.27. The molecule has 0 aromatic carbocycles. The normalized spacial score (nSPS) is 22.9. The minimum absolute atomic E-state index is 0.0682. The van der Waals surface area contributed by atoms with Crippen molar-refractivity contribution < 1.29 is 18.3 Å². The monoisotopic (exact) mass is 385 g/mol. The molecule has 2 aliphatic heterocycles. The number of hydrogen-bond donors (Lipinski definition) is 1. The molecule has 26 heavy (non-hydrogen) atoms. The van der Waals surface area contributed by atoms with E-state index in [9.17, 15) is 13.5 Å². The van der Waals surface area contributed by atoms with Gasteiger partial charge in [0.15, 0.2) is 0 Å². The molecule has 1 aromatic heterocycles. The number of likely N-dealkylation sites (tertiary alicyclic amines) is 1. The maximum Gasteiger partial charge on any atom is 0.227 e. The van der Waals surface area contributed by atoms with E-state index in [-0.39, 0.29) is 23.6 Å². The number of ether oxygens (including phenoxy) is 1. The number of piperidine rings is 1. The van der Waals surface area contributed by atoms with Crippen LogP contribution < -0.4 is 0 Å². The Morgan fingerprint density at radius 2 is 2.08 bits per heavy atom. The molecule has 0 bridgehead atoms. The van der Waals surface area contributed by atoms with Crippen LogP contribution in [0.1, 0.15) is 44.7 Å². The van der Waals surface area contributed by atoms with E-state index in [1.54, 1.807) is 6.20 Å². The van der Waals surface area contributed by atoms with Gasteiger partial charge < -0.3 is 14.4 Å². The lowest BCUT2D eigenvalue weighted by molar-refractivity contribution is 0.0916. The van der Waals surface area contributed by atoms with Crippen LogP contribution in [0.25, 0.3) is 0 Å². The molecule has 2 fully saturated rings. The fraction of sp³-hybridized carbons (Fsp3) is 0.833. The van der Waals surface area contributed by atoms with Crippen molar-refractivity contribution in [1.82, 2.24) is 14.5 Å². The lowest BCUT2D eigenvalue weighted by Crippen LogP contribution is -2.35. The third-order valence-electron chi connectivity index (χ3n) is 5.41. The minimum atomic E-state index is -3.37. The summed E-state index contributed by atoms with van der Waals surface area (Å²) in [5, 5.41) is 9.49. The summed E-state index contributed by atoms with van der Waals surface area (Å²) in [5.41, 5.74) is 0.942. The Morgan fingerprint density at radius 1 is 1.31 bits per heavy atom. The molecule has 2 saturated heterocycles. The van der Waals surface area contributed by atoms with Crippen molar-refractivity contribution in [2.24, 2.45) is 5.92 Å². The molecular weight excluding hydrogens is 354 g/mol. The van der Waals surface area contributed by atoms with E-state index in [2.05, 4.69) is 9.88 Å². The summed E-state index contributed by atoms with van der Waals surface area (Å²) in [6.07, 6.45) is 6.33. The van der Waals surface area contributed by atoms with Crippen molar-refractivity contribution in [2.45, 2.75) is 63.4 Å². The quantitative estimate of drug-likeness (QED) is 0.729. The largest absolute Gasteiger partial charge is 0.396 e. The topological polar surface area (TPSA) is 84.7 Å². The standard InChI is InChI=1S/C18H31N3O4S/c1-2-10-26(23,24)18-19-11-16(21(18)13-17-4-3-9-25-17)12-20-7-5-15(14-22)6-8-20/h11,15,17,22H,2-10,12-14H2,1H3/t17-/m1/s1. The van der Waals surface area contributed by atoms with Crippen molar-refractivity contribution in [3.8, 4) is 0 Å². The number of rotatable bonds is 8. The van der Waals surface area contributed by atoms with E-state index >= 15 is 0 Å². The van der Waals surface area contributed by atoms with Crippen molar-refractivity contribution >= 4 is 9.84 Å². The van der Waals surface area contributed by atoms with Gasteiger partial charge in [0.05, 0.1) is 30.3 Å². The second-order valence-corrected chi connectivity index (χ2v) is 9.50. The highest BCUT2D eigenvalue weighted by Gasteiger charge is 2.27. The van der Waals surface area contributed by atoms with Gasteiger partial charge in [-0.05, 0) is 51.1 Å². The summed E-state index contributed by atoms with van der Waals surface area (Å²) in [6.45, 7) is 5.97. The van der Waals surface area contributed by atoms with Gasteiger partial charge in [-0.1, -0.05) is 6.92 Å². The fourth-order valence-corrected chi connectivity index (χ4v) is 5.33. The van der Waals surface area contributed by atoms with Gasteiger partial charge in [-0.25, -0.2) is 13.4 Å². The van der Waals surface area contributed by atoms with Gasteiger partial charge in [0.1, 0.15) is 0 Å². The number of hydrogen-bond acceptors (Lipinski definition) is 6. The number of aromatic nitrogens is 2. The van der Waals surface area contributed by atoms with Gasteiger partial charge in [-0.15, -0.1) is 0 Å². The van der Waals surface area contributed by atoms with Crippen molar-refractivity contribution in [1.29, 1.82) is 0 Å². The van der Waals surface area contributed by atoms with Crippen LogP contribution in [0.15, 0.2) is 11.4 Å². The molecule has 0 amide bonds. The Kier molecular flexibility index (Phi) is 6.71. The van der Waals surface area contributed by atoms with E-state index in [1.807, 2.05) is 11.5 Å². The highest BCUT2D eigenvalue weighted by atomic mass is 32.2. The number of sulfone groups is 1. The van der Waals surface area contributed by atoms with E-state index in [0.29, 0.717) is 25.4 Å². The van der Waals surface area contributed by atoms with Gasteiger partial charge >= 0.3 is 0 Å². The molecule has 1 aromatic rings. The molecule has 3 rings (SSSR count). The molecule has 8 heteroatoms. The number of aliphatic hydroxyl groups excluding tert-OH is 1. The number of nitrogens with zero attached hydrogens (tertiary/aromatic N) is 3. The molecule has 0 aliphatic carbocycles. The molecule has 0 unspecified atom stereocenters. The molecule has 148 valence electrons. The fourth-order valence-electron chi connectivity index (χ4n) is 3.87. The molecule has 7 nitrogen and oxygen atoms in total. The zero-order chi connectivity index (χ0) is 18.6. The lowest BCUT2D eigenvalue weighted by Gasteiger charge is -2.31. The van der Waals surface area contributed by atoms with Gasteiger partial charge in [-0.3, -0.25) is 4.90 Å². The van der Waals surface area contributed by atoms with Crippen LogP contribution in [0.5, 0.6) is 0 Å². The summed E-state index contributed by atoms with van der Waals surface area (Å²) in [4.78, 5) is 6.62. The third kappa shape index (κ3) is 4.65. The zero-order valence-electron chi connectivity index (χ0n) is 15.6. The molecule has 2 aliphatic rings. The molecule has 0 spiro atoms. The van der Waals surface area contributed by atoms with Crippen LogP contribution in [-0.2, 0) is 27.7 Å². The summed E-state index contributed by atoms with van der Waals surface area (Å²) in [5.74, 6) is 0.514. The van der Waals surface area contributed by atoms with Crippen molar-refractivity contribution in [3.05, 3.63) is 11.9 Å². The number of aliphatic hydroxyl groups is 1. The summed E-state index contributed by atoms with van der Waals surface area (Å²) in [7, 11) is -3.37. The maximum absolute atomic E-state index is 12.6. The van der Waals surface area contributed by atoms with Crippen LogP contribution in [-0.4, -0.2) is 66.1 Å². The second kappa shape index (κ2) is 8.82. The Balaban J connectivity index is 1.78. The van der Waals surface area contributed by atoms with Crippen LogP contribution in [0.3, 0.4) is 0 Å². The van der Waals surface area contributed by atoms with Gasteiger partial charge in [0.25, 0.3) is 0 Å². The zero-order valence-corrected chi connectivity index (χ0v) is 16.5. The molecule has 1 atom stereocenters. The third-order valence-corrected chi connectivity index (χ3v) is 7.24. The first-order chi connectivity index (χ1) is 12.5. The Morgan fingerprint density at radius 3 is 2.69 bits per heavy atom. The van der Waals surface area contributed by atoms with Gasteiger partial charge in [0.2, 0.25) is 15.0 Å². The first kappa shape index (κ1) is 19.8. The van der Waals surface area contributed by atoms with E-state index in [0.717, 1.165) is 51.1 Å². The van der Waals surface area contributed by atoms with Gasteiger partial charge in [-0.2, -0.15) is 0 Å². The highest BCUT2D eigenvalue weighted by Crippen LogP contribution is 2.23.